The molecule has 1 N–H and O–H groups in total. The Morgan fingerprint density at radius 1 is 1.17 bits per heavy atom. The molecule has 30 heavy (non-hydrogen) atoms. The molecule has 3 saturated carbocycles. The fourth-order valence-electron chi connectivity index (χ4n) is 4.74. The molecule has 0 spiro atoms. The number of carbonyl (C=O) groups excluding carboxylic acids is 2. The average Bonchev–Trinajstić information content (AvgIpc) is 2.66. The van der Waals surface area contributed by atoms with Crippen molar-refractivity contribution in [1.82, 2.24) is 5.32 Å². The van der Waals surface area contributed by atoms with Gasteiger partial charge in [0.1, 0.15) is 17.7 Å². The van der Waals surface area contributed by atoms with Crippen LogP contribution in [0.5, 0.6) is 5.75 Å². The third-order valence-corrected chi connectivity index (χ3v) is 6.34. The first-order valence-electron chi connectivity index (χ1n) is 9.85. The fourth-order valence-corrected chi connectivity index (χ4v) is 4.86. The zero-order chi connectivity index (χ0) is 21.5. The Bertz CT molecular complexity index is 971. The number of hydrogen-bond acceptors (Lipinski definition) is 3. The van der Waals surface area contributed by atoms with E-state index >= 15 is 0 Å². The molecule has 5 rings (SSSR count). The van der Waals surface area contributed by atoms with E-state index in [2.05, 4.69) is 5.32 Å². The van der Waals surface area contributed by atoms with Crippen LogP contribution in [0.2, 0.25) is 5.02 Å². The highest BCUT2D eigenvalue weighted by molar-refractivity contribution is 6.30. The monoisotopic (exact) mass is 433 g/mol. The lowest BCUT2D eigenvalue weighted by atomic mass is 9.38. The second kappa shape index (κ2) is 7.65. The van der Waals surface area contributed by atoms with Gasteiger partial charge in [0.15, 0.2) is 12.4 Å². The summed E-state index contributed by atoms with van der Waals surface area (Å²) in [6.45, 7) is 1.25. The van der Waals surface area contributed by atoms with Crippen LogP contribution in [-0.2, 0) is 4.79 Å². The van der Waals surface area contributed by atoms with Crippen LogP contribution in [-0.4, -0.2) is 23.8 Å². The van der Waals surface area contributed by atoms with E-state index in [1.165, 1.54) is 19.1 Å². The highest BCUT2D eigenvalue weighted by Crippen LogP contribution is 2.69. The van der Waals surface area contributed by atoms with E-state index in [-0.39, 0.29) is 40.0 Å². The van der Waals surface area contributed by atoms with Crippen LogP contribution in [0.25, 0.3) is 0 Å². The summed E-state index contributed by atoms with van der Waals surface area (Å²) in [5, 5.41) is 2.97. The summed E-state index contributed by atoms with van der Waals surface area (Å²) < 4.78 is 32.0. The van der Waals surface area contributed by atoms with Crippen molar-refractivity contribution in [3.63, 3.8) is 0 Å². The lowest BCUT2D eigenvalue weighted by molar-refractivity contribution is -0.164. The van der Waals surface area contributed by atoms with E-state index < -0.39 is 12.0 Å². The molecule has 0 aliphatic heterocycles. The maximum absolute atomic E-state index is 13.4. The SMILES string of the molecule is CC(F)c1ccc(C(=O)CC23CC(NC(=O)COc4ccc(Cl)c(F)c4)(C2)C3)cc1. The van der Waals surface area contributed by atoms with Gasteiger partial charge >= 0.3 is 0 Å². The van der Waals surface area contributed by atoms with Crippen LogP contribution in [0.4, 0.5) is 8.78 Å². The van der Waals surface area contributed by atoms with Gasteiger partial charge in [0.05, 0.1) is 5.02 Å². The van der Waals surface area contributed by atoms with Gasteiger partial charge in [-0.1, -0.05) is 35.9 Å². The molecular formula is C23H22ClF2NO3. The number of halogens is 3. The molecule has 1 amide bonds. The number of ketones is 1. The normalized spacial score (nSPS) is 24.9. The molecule has 3 aliphatic carbocycles. The summed E-state index contributed by atoms with van der Waals surface area (Å²) in [5.74, 6) is -0.601. The minimum Gasteiger partial charge on any atom is -0.484 e. The van der Waals surface area contributed by atoms with Gasteiger partial charge in [-0.3, -0.25) is 9.59 Å². The van der Waals surface area contributed by atoms with Crippen LogP contribution in [0, 0.1) is 11.2 Å². The lowest BCUT2D eigenvalue weighted by Gasteiger charge is -2.70. The second-order valence-corrected chi connectivity index (χ2v) is 8.97. The van der Waals surface area contributed by atoms with Gasteiger partial charge in [0, 0.05) is 23.6 Å². The van der Waals surface area contributed by atoms with E-state index in [1.807, 2.05) is 0 Å². The molecule has 0 saturated heterocycles. The van der Waals surface area contributed by atoms with Crippen molar-refractivity contribution < 1.29 is 23.1 Å². The largest absolute Gasteiger partial charge is 0.484 e. The summed E-state index contributed by atoms with van der Waals surface area (Å²) in [6, 6.07) is 10.7. The summed E-state index contributed by atoms with van der Waals surface area (Å²) in [4.78, 5) is 24.7. The zero-order valence-corrected chi connectivity index (χ0v) is 17.3. The number of hydrogen-bond donors (Lipinski definition) is 1. The van der Waals surface area contributed by atoms with Crippen molar-refractivity contribution >= 4 is 23.3 Å². The Labute approximate surface area is 178 Å². The van der Waals surface area contributed by atoms with Crippen LogP contribution in [0.1, 0.15) is 54.7 Å². The molecule has 0 aromatic heterocycles. The highest BCUT2D eigenvalue weighted by atomic mass is 35.5. The summed E-state index contributed by atoms with van der Waals surface area (Å²) in [6.07, 6.45) is 1.64. The minimum atomic E-state index is -1.06. The molecule has 1 unspecified atom stereocenters. The number of nitrogens with one attached hydrogen (secondary N) is 1. The number of alkyl halides is 1. The van der Waals surface area contributed by atoms with Crippen LogP contribution >= 0.6 is 11.6 Å². The smallest absolute Gasteiger partial charge is 0.258 e. The predicted octanol–water partition coefficient (Wildman–Crippen LogP) is 5.20. The number of rotatable bonds is 8. The third-order valence-electron chi connectivity index (χ3n) is 6.03. The predicted molar refractivity (Wildman–Crippen MR) is 109 cm³/mol. The van der Waals surface area contributed by atoms with Crippen LogP contribution in [0.3, 0.4) is 0 Å². The summed E-state index contributed by atoms with van der Waals surface area (Å²) in [5.41, 5.74) is 0.823. The third kappa shape index (κ3) is 4.06. The maximum Gasteiger partial charge on any atom is 0.258 e. The van der Waals surface area contributed by atoms with E-state index in [0.29, 0.717) is 17.5 Å². The first-order valence-corrected chi connectivity index (χ1v) is 10.2. The Morgan fingerprint density at radius 2 is 1.83 bits per heavy atom. The standard InChI is InChI=1S/C23H22ClF2NO3/c1-14(25)15-2-4-16(5-3-15)20(28)9-22-11-23(12-22,13-22)27-21(29)10-30-17-6-7-18(24)19(26)8-17/h2-8,14H,9-13H2,1H3,(H,27,29). The number of ether oxygens (including phenoxy) is 1. The molecule has 7 heteroatoms. The van der Waals surface area contributed by atoms with E-state index in [4.69, 9.17) is 16.3 Å². The highest BCUT2D eigenvalue weighted by Gasteiger charge is 2.68. The summed E-state index contributed by atoms with van der Waals surface area (Å²) >= 11 is 5.62. The van der Waals surface area contributed by atoms with Gasteiger partial charge in [-0.25, -0.2) is 8.78 Å². The van der Waals surface area contributed by atoms with Crippen LogP contribution in [0.15, 0.2) is 42.5 Å². The molecule has 2 bridgehead atoms. The van der Waals surface area contributed by atoms with E-state index in [0.717, 1.165) is 25.3 Å². The van der Waals surface area contributed by atoms with Gasteiger partial charge < -0.3 is 10.1 Å². The maximum atomic E-state index is 13.4. The number of benzene rings is 2. The number of Topliss-reactive ketones (excluding diaryl/α,β-unsaturated/α-hetero) is 1. The van der Waals surface area contributed by atoms with Gasteiger partial charge in [-0.15, -0.1) is 0 Å². The molecule has 2 aromatic rings. The van der Waals surface area contributed by atoms with Crippen molar-refractivity contribution in [2.75, 3.05) is 6.61 Å². The van der Waals surface area contributed by atoms with Gasteiger partial charge in [0.25, 0.3) is 5.91 Å². The average molecular weight is 434 g/mol. The Hall–Kier alpha value is -2.47. The van der Waals surface area contributed by atoms with Gasteiger partial charge in [0.2, 0.25) is 0 Å². The quantitative estimate of drug-likeness (QED) is 0.582. The molecule has 4 nitrogen and oxygen atoms in total. The molecule has 1 atom stereocenters. The molecular weight excluding hydrogens is 412 g/mol. The Balaban J connectivity index is 1.23. The second-order valence-electron chi connectivity index (χ2n) is 8.56. The van der Waals surface area contributed by atoms with Crippen molar-refractivity contribution in [2.45, 2.75) is 44.3 Å². The fraction of sp³-hybridized carbons (Fsp3) is 0.391. The molecule has 3 fully saturated rings. The van der Waals surface area contributed by atoms with Crippen LogP contribution < -0.4 is 10.1 Å². The molecule has 2 aromatic carbocycles. The zero-order valence-electron chi connectivity index (χ0n) is 16.5. The number of carbonyl (C=O) groups is 2. The summed E-state index contributed by atoms with van der Waals surface area (Å²) in [7, 11) is 0. The molecule has 3 aliphatic rings. The molecule has 0 radical (unpaired) electrons. The Kier molecular flexibility index (Phi) is 5.30. The van der Waals surface area contributed by atoms with E-state index in [9.17, 15) is 18.4 Å². The van der Waals surface area contributed by atoms with Crippen molar-refractivity contribution in [2.24, 2.45) is 5.41 Å². The first-order chi connectivity index (χ1) is 14.2. The molecule has 0 heterocycles. The lowest BCUT2D eigenvalue weighted by Crippen LogP contribution is -2.75. The topological polar surface area (TPSA) is 55.4 Å². The van der Waals surface area contributed by atoms with Crippen molar-refractivity contribution in [3.8, 4) is 5.75 Å². The molecule has 158 valence electrons. The van der Waals surface area contributed by atoms with E-state index in [1.54, 1.807) is 24.3 Å². The minimum absolute atomic E-state index is 0.00608. The van der Waals surface area contributed by atoms with Crippen molar-refractivity contribution in [3.05, 3.63) is 64.4 Å². The van der Waals surface area contributed by atoms with Gasteiger partial charge in [-0.2, -0.15) is 0 Å². The Morgan fingerprint density at radius 3 is 2.43 bits per heavy atom. The number of amides is 1. The van der Waals surface area contributed by atoms with Crippen molar-refractivity contribution in [1.29, 1.82) is 0 Å². The first kappa shape index (κ1) is 20.8. The van der Waals surface area contributed by atoms with Gasteiger partial charge in [-0.05, 0) is 49.3 Å².